The third kappa shape index (κ3) is 8.08. The number of Topliss-reactive ketones (excluding diaryl/α,β-unsaturated/α-hetero) is 2. The minimum atomic E-state index is -3.01. The van der Waals surface area contributed by atoms with Crippen LogP contribution in [0.5, 0.6) is 11.6 Å². The van der Waals surface area contributed by atoms with E-state index in [1.54, 1.807) is 39.0 Å². The van der Waals surface area contributed by atoms with Gasteiger partial charge in [-0.15, -0.1) is 13.2 Å². The molecule has 1 fully saturated rings. The number of hydrogen-bond acceptors (Lipinski definition) is 12. The quantitative estimate of drug-likeness (QED) is 0.0475. The van der Waals surface area contributed by atoms with Gasteiger partial charge in [0, 0.05) is 45.5 Å². The zero-order chi connectivity index (χ0) is 46.0. The molecule has 1 N–H and O–H groups in total. The molecule has 3 aliphatic rings. The number of aliphatic hydroxyl groups is 1. The van der Waals surface area contributed by atoms with Crippen LogP contribution < -0.4 is 14.4 Å². The molecule has 63 heavy (non-hydrogen) atoms. The predicted octanol–water partition coefficient (Wildman–Crippen LogP) is 11.0. The van der Waals surface area contributed by atoms with Gasteiger partial charge in [-0.25, -0.2) is 4.79 Å². The molecule has 0 aliphatic heterocycles. The van der Waals surface area contributed by atoms with Crippen molar-refractivity contribution in [1.82, 2.24) is 10.1 Å². The number of aromatic nitrogens is 1. The number of benzene rings is 3. The molecule has 0 bridgehead atoms. The molecule has 4 atom stereocenters. The summed E-state index contributed by atoms with van der Waals surface area (Å²) in [5, 5.41) is 18.1. The van der Waals surface area contributed by atoms with E-state index < -0.39 is 65.9 Å². The second-order valence-electron chi connectivity index (χ2n) is 19.4. The van der Waals surface area contributed by atoms with Crippen molar-refractivity contribution in [2.45, 2.75) is 96.4 Å². The molecule has 0 radical (unpaired) electrons. The Bertz CT molecular complexity index is 2520. The second kappa shape index (κ2) is 16.8. The minimum absolute atomic E-state index is 0.0215. The lowest BCUT2D eigenvalue weighted by Crippen LogP contribution is -2.68. The summed E-state index contributed by atoms with van der Waals surface area (Å²) < 4.78 is 32.1. The maximum absolute atomic E-state index is 16.2. The first-order chi connectivity index (χ1) is 29.6. The third-order valence-electron chi connectivity index (χ3n) is 12.8. The molecule has 1 aromatic heterocycles. The number of carbonyl (C=O) groups is 3. The minimum Gasteiger partial charge on any atom is -0.507 e. The van der Waals surface area contributed by atoms with E-state index in [1.807, 2.05) is 95.3 Å². The fourth-order valence-corrected chi connectivity index (χ4v) is 11.0. The van der Waals surface area contributed by atoms with Gasteiger partial charge in [0.25, 0.3) is 5.88 Å². The van der Waals surface area contributed by atoms with E-state index in [9.17, 15) is 9.90 Å². The van der Waals surface area contributed by atoms with Crippen LogP contribution >= 0.6 is 15.9 Å². The van der Waals surface area contributed by atoms with E-state index in [-0.39, 0.29) is 47.8 Å². The van der Waals surface area contributed by atoms with Gasteiger partial charge in [0.05, 0.1) is 11.6 Å². The monoisotopic (exact) mass is 939 g/mol. The molecule has 14 heteroatoms. The van der Waals surface area contributed by atoms with Crippen molar-refractivity contribution in [1.29, 1.82) is 0 Å². The van der Waals surface area contributed by atoms with Gasteiger partial charge >= 0.3 is 6.16 Å². The Morgan fingerprint density at radius 1 is 1.00 bits per heavy atom. The number of rotatable bonds is 12. The van der Waals surface area contributed by atoms with Crippen LogP contribution in [0.1, 0.15) is 86.8 Å². The zero-order valence-electron chi connectivity index (χ0n) is 37.9. The Morgan fingerprint density at radius 2 is 1.67 bits per heavy atom. The van der Waals surface area contributed by atoms with Gasteiger partial charge in [-0.3, -0.25) is 14.5 Å². The average Bonchev–Trinajstić information content (AvgIpc) is 3.60. The molecule has 334 valence electrons. The number of halogens is 1. The van der Waals surface area contributed by atoms with Crippen molar-refractivity contribution >= 4 is 64.2 Å². The number of nitrogens with zero attached hydrogens (tertiary/aromatic N) is 3. The van der Waals surface area contributed by atoms with Crippen LogP contribution in [0.25, 0.3) is 16.5 Å². The Morgan fingerprint density at radius 3 is 2.27 bits per heavy atom. The van der Waals surface area contributed by atoms with Crippen molar-refractivity contribution in [3.05, 3.63) is 112 Å². The summed E-state index contributed by atoms with van der Waals surface area (Å²) in [5.41, 5.74) is -0.525. The number of hydrogen-bond donors (Lipinski definition) is 1. The topological polar surface area (TPSA) is 141 Å². The number of aliphatic hydroxyl groups excluding tert-OH is 1. The molecular formula is C49H58BrN3O9Si. The largest absolute Gasteiger partial charge is 0.514 e. The molecule has 1 saturated carbocycles. The smallest absolute Gasteiger partial charge is 0.507 e. The summed E-state index contributed by atoms with van der Waals surface area (Å²) in [6.45, 7) is 24.4. The first kappa shape index (κ1) is 46.0. The molecule has 1 heterocycles. The molecule has 12 nitrogen and oxygen atoms in total. The number of carbonyl (C=O) groups excluding carboxylic acids is 3. The van der Waals surface area contributed by atoms with Gasteiger partial charge in [-0.2, -0.15) is 0 Å². The van der Waals surface area contributed by atoms with Gasteiger partial charge in [-0.05, 0) is 100 Å². The van der Waals surface area contributed by atoms with E-state index in [1.165, 1.54) is 0 Å². The van der Waals surface area contributed by atoms with Crippen LogP contribution in [0.15, 0.2) is 88.4 Å². The van der Waals surface area contributed by atoms with E-state index in [0.29, 0.717) is 34.3 Å². The zero-order valence-corrected chi connectivity index (χ0v) is 40.5. The first-order valence-electron chi connectivity index (χ1n) is 21.3. The van der Waals surface area contributed by atoms with Crippen LogP contribution in [0, 0.1) is 11.8 Å². The van der Waals surface area contributed by atoms with Crippen molar-refractivity contribution in [3.8, 4) is 11.6 Å². The second-order valence-corrected chi connectivity index (χ2v) is 25.1. The molecule has 3 aliphatic carbocycles. The van der Waals surface area contributed by atoms with Crippen LogP contribution in [0.3, 0.4) is 0 Å². The molecular weight excluding hydrogens is 883 g/mol. The fourth-order valence-electron chi connectivity index (χ4n) is 9.15. The van der Waals surface area contributed by atoms with Crippen LogP contribution in [0.4, 0.5) is 10.5 Å². The maximum Gasteiger partial charge on any atom is 0.514 e. The lowest BCUT2D eigenvalue weighted by atomic mass is 9.57. The molecule has 0 saturated heterocycles. The molecule has 0 spiro atoms. The van der Waals surface area contributed by atoms with E-state index in [4.69, 9.17) is 23.2 Å². The SMILES string of the molecule is C=CCN(CC=C)c1c2c(c(OC(=O)OC(C)(C)C)c3cc(Br)ccc13)C(O)=C1C(=O)[C@]3(O[Si](C)(C)C(C)(C)C)C(=O)c4c(OCc5ccccc5)noc4[C@@H](N(C)C)[C@@H]3C[C@@H]1C2. The van der Waals surface area contributed by atoms with Crippen LogP contribution in [-0.2, 0) is 27.0 Å². The summed E-state index contributed by atoms with van der Waals surface area (Å²) in [7, 11) is 0.745. The van der Waals surface area contributed by atoms with E-state index in [0.717, 1.165) is 16.6 Å². The summed E-state index contributed by atoms with van der Waals surface area (Å²) >= 11 is 3.61. The van der Waals surface area contributed by atoms with Crippen molar-refractivity contribution in [3.63, 3.8) is 0 Å². The van der Waals surface area contributed by atoms with E-state index >= 15 is 9.59 Å². The normalized spacial score (nSPS) is 21.0. The van der Waals surface area contributed by atoms with Crippen molar-refractivity contribution in [2.75, 3.05) is 32.1 Å². The van der Waals surface area contributed by atoms with E-state index in [2.05, 4.69) is 39.1 Å². The Labute approximate surface area is 379 Å². The molecule has 0 unspecified atom stereocenters. The van der Waals surface area contributed by atoms with Crippen LogP contribution in [-0.4, -0.2) is 79.6 Å². The molecule has 4 aromatic rings. The first-order valence-corrected chi connectivity index (χ1v) is 25.0. The molecule has 7 rings (SSSR count). The number of anilines is 1. The summed E-state index contributed by atoms with van der Waals surface area (Å²) in [6, 6.07) is 14.5. The van der Waals surface area contributed by atoms with Crippen LogP contribution in [0.2, 0.25) is 18.1 Å². The predicted molar refractivity (Wildman–Crippen MR) is 250 cm³/mol. The van der Waals surface area contributed by atoms with Crippen molar-refractivity contribution < 1.29 is 42.6 Å². The standard InChI is InChI=1S/C49H58BrN3O9Si/c1-13-22-53(23-14-2)38-31-21-20-30(50)26-32(31)41(59-46(57)60-47(3,4)5)36-33(38)24-29-25-34-39(52(9)10)42-37(45(51-61-42)58-27-28-18-16-15-17-19-28)44(56)49(34,43(55)35(29)40(36)54)62-63(11,12)48(6,7)8/h13-21,26,29,34,39,54H,1-2,22-25,27H2,3-12H3/t29-,34-,39-,49-/m0/s1. The highest BCUT2D eigenvalue weighted by atomic mass is 79.9. The van der Waals surface area contributed by atoms with Gasteiger partial charge in [0.15, 0.2) is 25.4 Å². The lowest BCUT2D eigenvalue weighted by Gasteiger charge is -2.55. The summed E-state index contributed by atoms with van der Waals surface area (Å²) in [4.78, 5) is 49.6. The van der Waals surface area contributed by atoms with Gasteiger partial charge in [0.1, 0.15) is 23.5 Å². The maximum atomic E-state index is 16.2. The van der Waals surface area contributed by atoms with Gasteiger partial charge in [-0.1, -0.05) is 85.3 Å². The number of ketones is 2. The Balaban J connectivity index is 1.52. The Hall–Kier alpha value is -5.02. The highest BCUT2D eigenvalue weighted by Gasteiger charge is 2.69. The highest BCUT2D eigenvalue weighted by molar-refractivity contribution is 9.10. The highest BCUT2D eigenvalue weighted by Crippen LogP contribution is 2.60. The van der Waals surface area contributed by atoms with Gasteiger partial charge in [0.2, 0.25) is 11.6 Å². The Kier molecular flexibility index (Phi) is 12.3. The summed E-state index contributed by atoms with van der Waals surface area (Å²) in [5.74, 6) is -2.77. The average molecular weight is 941 g/mol. The fraction of sp³-hybridized carbons (Fsp3) is 0.429. The lowest BCUT2D eigenvalue weighted by molar-refractivity contribution is -0.140. The number of fused-ring (bicyclic) bond motifs is 5. The summed E-state index contributed by atoms with van der Waals surface area (Å²) in [6.07, 6.45) is 3.08. The molecule has 3 aromatic carbocycles. The number of ether oxygens (including phenoxy) is 3. The molecule has 0 amide bonds. The van der Waals surface area contributed by atoms with Crippen molar-refractivity contribution in [2.24, 2.45) is 11.8 Å². The third-order valence-corrected chi connectivity index (χ3v) is 17.7. The van der Waals surface area contributed by atoms with Gasteiger partial charge < -0.3 is 33.2 Å².